The van der Waals surface area contributed by atoms with Gasteiger partial charge in [0.05, 0.1) is 22.8 Å². The van der Waals surface area contributed by atoms with Crippen molar-refractivity contribution in [1.82, 2.24) is 9.97 Å². The van der Waals surface area contributed by atoms with Crippen molar-refractivity contribution in [2.45, 2.75) is 6.54 Å². The summed E-state index contributed by atoms with van der Waals surface area (Å²) in [6.45, 7) is 0.688. The Morgan fingerprint density at radius 2 is 1.68 bits per heavy atom. The Labute approximate surface area is 180 Å². The molecule has 2 heterocycles. The molecule has 31 heavy (non-hydrogen) atoms. The smallest absolute Gasteiger partial charge is 0.261 e. The molecule has 0 aliphatic heterocycles. The van der Waals surface area contributed by atoms with Gasteiger partial charge in [-0.2, -0.15) is 0 Å². The Kier molecular flexibility index (Phi) is 5.89. The van der Waals surface area contributed by atoms with Gasteiger partial charge < -0.3 is 15.2 Å². The summed E-state index contributed by atoms with van der Waals surface area (Å²) in [5.41, 5.74) is 3.44. The van der Waals surface area contributed by atoms with Crippen LogP contribution in [0.1, 0.15) is 15.9 Å². The van der Waals surface area contributed by atoms with Gasteiger partial charge in [-0.3, -0.25) is 14.6 Å². The average Bonchev–Trinajstić information content (AvgIpc) is 2.80. The lowest BCUT2D eigenvalue weighted by atomic mass is 10.1. The number of aromatic nitrogens is 2. The highest BCUT2D eigenvalue weighted by atomic mass is 16.2. The molecule has 154 valence electrons. The van der Waals surface area contributed by atoms with Crippen LogP contribution in [0.15, 0.2) is 95.9 Å². The molecule has 4 rings (SSSR count). The summed E-state index contributed by atoms with van der Waals surface area (Å²) in [7, 11) is 1.96. The third kappa shape index (κ3) is 4.70. The van der Waals surface area contributed by atoms with Crippen molar-refractivity contribution in [2.75, 3.05) is 17.3 Å². The zero-order chi connectivity index (χ0) is 21.6. The molecule has 2 aromatic heterocycles. The SMILES string of the molecule is CN(Cc1ccccc1)c1ccccc1NC(=O)c1ccc(-c2ccccn2)[nH]c1=O. The lowest BCUT2D eigenvalue weighted by molar-refractivity contribution is 0.102. The number of H-pyrrole nitrogens is 1. The number of hydrogen-bond acceptors (Lipinski definition) is 4. The molecule has 0 aliphatic carbocycles. The minimum atomic E-state index is -0.464. The summed E-state index contributed by atoms with van der Waals surface area (Å²) in [6.07, 6.45) is 1.65. The van der Waals surface area contributed by atoms with Crippen molar-refractivity contribution >= 4 is 17.3 Å². The quantitative estimate of drug-likeness (QED) is 0.496. The fraction of sp³-hybridized carbons (Fsp3) is 0.0800. The molecule has 0 atom stereocenters. The number of benzene rings is 2. The normalized spacial score (nSPS) is 10.5. The van der Waals surface area contributed by atoms with E-state index in [-0.39, 0.29) is 5.56 Å². The van der Waals surface area contributed by atoms with Gasteiger partial charge in [0.2, 0.25) is 0 Å². The predicted octanol–water partition coefficient (Wildman–Crippen LogP) is 4.33. The molecule has 0 saturated carbocycles. The first-order chi connectivity index (χ1) is 15.1. The molecule has 0 saturated heterocycles. The number of aromatic amines is 1. The van der Waals surface area contributed by atoms with Crippen LogP contribution in [0.5, 0.6) is 0 Å². The van der Waals surface area contributed by atoms with Crippen LogP contribution in [-0.4, -0.2) is 22.9 Å². The number of amides is 1. The number of carbonyl (C=O) groups excluding carboxylic acids is 1. The number of nitrogens with one attached hydrogen (secondary N) is 2. The van der Waals surface area contributed by atoms with Crippen molar-refractivity contribution in [1.29, 1.82) is 0 Å². The zero-order valence-electron chi connectivity index (χ0n) is 17.1. The standard InChI is InChI=1S/C25H22N4O2/c1-29(17-18-9-3-2-4-10-18)23-13-6-5-12-22(23)28-25(31)19-14-15-21(27-24(19)30)20-11-7-8-16-26-20/h2-16H,17H2,1H3,(H,27,30)(H,28,31). The van der Waals surface area contributed by atoms with E-state index in [1.165, 1.54) is 6.07 Å². The molecule has 0 aliphatic rings. The maximum atomic E-state index is 12.9. The Hall–Kier alpha value is -4.19. The second-order valence-electron chi connectivity index (χ2n) is 7.14. The minimum Gasteiger partial charge on any atom is -0.369 e. The van der Waals surface area contributed by atoms with Crippen molar-refractivity contribution in [2.24, 2.45) is 0 Å². The Bertz CT molecular complexity index is 1240. The van der Waals surface area contributed by atoms with Crippen LogP contribution in [0.3, 0.4) is 0 Å². The lowest BCUT2D eigenvalue weighted by Gasteiger charge is -2.22. The third-order valence-corrected chi connectivity index (χ3v) is 4.92. The summed E-state index contributed by atoms with van der Waals surface area (Å²) in [4.78, 5) is 34.4. The largest absolute Gasteiger partial charge is 0.369 e. The van der Waals surface area contributed by atoms with Crippen LogP contribution in [0.2, 0.25) is 0 Å². The van der Waals surface area contributed by atoms with Gasteiger partial charge in [0.15, 0.2) is 0 Å². The molecule has 2 N–H and O–H groups in total. The van der Waals surface area contributed by atoms with Crippen molar-refractivity contribution in [3.05, 3.63) is 113 Å². The maximum absolute atomic E-state index is 12.9. The first-order valence-electron chi connectivity index (χ1n) is 9.92. The summed E-state index contributed by atoms with van der Waals surface area (Å²) < 4.78 is 0. The fourth-order valence-corrected chi connectivity index (χ4v) is 3.37. The molecule has 2 aromatic carbocycles. The topological polar surface area (TPSA) is 78.1 Å². The van der Waals surface area contributed by atoms with E-state index in [4.69, 9.17) is 0 Å². The molecule has 1 amide bonds. The van der Waals surface area contributed by atoms with Gasteiger partial charge in [0.25, 0.3) is 11.5 Å². The number of anilines is 2. The van der Waals surface area contributed by atoms with Crippen LogP contribution < -0.4 is 15.8 Å². The van der Waals surface area contributed by atoms with E-state index in [0.29, 0.717) is 23.6 Å². The monoisotopic (exact) mass is 410 g/mol. The Morgan fingerprint density at radius 3 is 2.42 bits per heavy atom. The van der Waals surface area contributed by atoms with E-state index >= 15 is 0 Å². The average molecular weight is 410 g/mol. The van der Waals surface area contributed by atoms with Gasteiger partial charge in [-0.25, -0.2) is 0 Å². The highest BCUT2D eigenvalue weighted by Crippen LogP contribution is 2.26. The Morgan fingerprint density at radius 1 is 0.935 bits per heavy atom. The molecule has 0 fully saturated rings. The number of para-hydroxylation sites is 2. The van der Waals surface area contributed by atoms with Gasteiger partial charge in [0, 0.05) is 19.8 Å². The van der Waals surface area contributed by atoms with Gasteiger partial charge in [-0.05, 0) is 42.0 Å². The van der Waals surface area contributed by atoms with Crippen LogP contribution in [0.4, 0.5) is 11.4 Å². The summed E-state index contributed by atoms with van der Waals surface area (Å²) >= 11 is 0. The molecule has 0 spiro atoms. The molecule has 4 aromatic rings. The number of hydrogen-bond donors (Lipinski definition) is 2. The zero-order valence-corrected chi connectivity index (χ0v) is 17.1. The minimum absolute atomic E-state index is 0.0418. The highest BCUT2D eigenvalue weighted by Gasteiger charge is 2.15. The van der Waals surface area contributed by atoms with Gasteiger partial charge in [-0.15, -0.1) is 0 Å². The van der Waals surface area contributed by atoms with Gasteiger partial charge in [-0.1, -0.05) is 48.5 Å². The number of pyridine rings is 2. The molecule has 6 nitrogen and oxygen atoms in total. The van der Waals surface area contributed by atoms with Crippen LogP contribution >= 0.6 is 0 Å². The first-order valence-corrected chi connectivity index (χ1v) is 9.92. The van der Waals surface area contributed by atoms with Gasteiger partial charge in [0.1, 0.15) is 5.56 Å². The Balaban J connectivity index is 1.55. The van der Waals surface area contributed by atoms with Crippen molar-refractivity contribution in [3.8, 4) is 11.4 Å². The van der Waals surface area contributed by atoms with E-state index in [1.54, 1.807) is 24.4 Å². The molecular formula is C25H22N4O2. The number of nitrogens with zero attached hydrogens (tertiary/aromatic N) is 2. The molecule has 0 radical (unpaired) electrons. The van der Waals surface area contributed by atoms with E-state index < -0.39 is 11.5 Å². The summed E-state index contributed by atoms with van der Waals surface area (Å²) in [5.74, 6) is -0.464. The van der Waals surface area contributed by atoms with Crippen LogP contribution in [-0.2, 0) is 6.54 Å². The number of rotatable bonds is 6. The molecular weight excluding hydrogens is 388 g/mol. The molecule has 6 heteroatoms. The highest BCUT2D eigenvalue weighted by molar-refractivity contribution is 6.05. The van der Waals surface area contributed by atoms with Crippen LogP contribution in [0, 0.1) is 0 Å². The number of carbonyl (C=O) groups is 1. The van der Waals surface area contributed by atoms with E-state index in [1.807, 2.05) is 55.6 Å². The van der Waals surface area contributed by atoms with Crippen LogP contribution in [0.25, 0.3) is 11.4 Å². The fourth-order valence-electron chi connectivity index (χ4n) is 3.37. The second kappa shape index (κ2) is 9.09. The lowest BCUT2D eigenvalue weighted by Crippen LogP contribution is -2.25. The van der Waals surface area contributed by atoms with E-state index in [0.717, 1.165) is 11.3 Å². The molecule has 0 unspecified atom stereocenters. The molecule has 0 bridgehead atoms. The maximum Gasteiger partial charge on any atom is 0.261 e. The first kappa shape index (κ1) is 20.1. The predicted molar refractivity (Wildman–Crippen MR) is 123 cm³/mol. The van der Waals surface area contributed by atoms with Gasteiger partial charge >= 0.3 is 0 Å². The second-order valence-corrected chi connectivity index (χ2v) is 7.14. The van der Waals surface area contributed by atoms with E-state index in [2.05, 4.69) is 32.3 Å². The summed E-state index contributed by atoms with van der Waals surface area (Å²) in [5, 5.41) is 2.88. The summed E-state index contributed by atoms with van der Waals surface area (Å²) in [6, 6.07) is 26.3. The van der Waals surface area contributed by atoms with Crippen molar-refractivity contribution in [3.63, 3.8) is 0 Å². The van der Waals surface area contributed by atoms with E-state index in [9.17, 15) is 9.59 Å². The van der Waals surface area contributed by atoms with Crippen molar-refractivity contribution < 1.29 is 4.79 Å². The third-order valence-electron chi connectivity index (χ3n) is 4.92.